The zero-order valence-corrected chi connectivity index (χ0v) is 25.2. The van der Waals surface area contributed by atoms with Gasteiger partial charge in [-0.3, -0.25) is 9.36 Å². The number of hydrogen-bond acceptors (Lipinski definition) is 7. The number of aromatic nitrogens is 2. The zero-order valence-electron chi connectivity index (χ0n) is 23.6. The van der Waals surface area contributed by atoms with Crippen molar-refractivity contribution in [2.45, 2.75) is 33.7 Å². The second-order valence-corrected chi connectivity index (χ2v) is 11.0. The number of benzene rings is 2. The van der Waals surface area contributed by atoms with Gasteiger partial charge in [0.05, 0.1) is 42.7 Å². The van der Waals surface area contributed by atoms with Crippen LogP contribution in [0, 0.1) is 13.8 Å². The molecule has 0 unspecified atom stereocenters. The van der Waals surface area contributed by atoms with E-state index in [4.69, 9.17) is 25.8 Å². The summed E-state index contributed by atoms with van der Waals surface area (Å²) >= 11 is 7.38. The number of aryl methyl sites for hydroxylation is 1. The molecule has 4 aromatic rings. The minimum absolute atomic E-state index is 0.196. The molecule has 0 bridgehead atoms. The first kappa shape index (κ1) is 28.4. The molecule has 0 spiro atoms. The molecule has 0 saturated heterocycles. The van der Waals surface area contributed by atoms with Crippen LogP contribution in [0.1, 0.15) is 42.4 Å². The molecule has 10 heteroatoms. The monoisotopic (exact) mass is 591 g/mol. The second kappa shape index (κ2) is 11.4. The summed E-state index contributed by atoms with van der Waals surface area (Å²) in [7, 11) is 3.10. The molecule has 1 aliphatic rings. The van der Waals surface area contributed by atoms with Crippen molar-refractivity contribution in [2.75, 3.05) is 20.8 Å². The molecule has 0 fully saturated rings. The van der Waals surface area contributed by atoms with Crippen molar-refractivity contribution in [3.8, 4) is 17.2 Å². The van der Waals surface area contributed by atoms with Gasteiger partial charge in [0.15, 0.2) is 16.3 Å². The largest absolute Gasteiger partial charge is 0.493 e. The summed E-state index contributed by atoms with van der Waals surface area (Å²) in [5, 5.41) is 0.666. The van der Waals surface area contributed by atoms with Crippen LogP contribution in [0.3, 0.4) is 0 Å². The van der Waals surface area contributed by atoms with Gasteiger partial charge in [0.25, 0.3) is 5.56 Å². The minimum atomic E-state index is -0.756. The summed E-state index contributed by atoms with van der Waals surface area (Å²) in [4.78, 5) is 32.4. The van der Waals surface area contributed by atoms with E-state index in [0.717, 1.165) is 22.6 Å². The van der Waals surface area contributed by atoms with E-state index in [2.05, 4.69) is 9.56 Å². The number of methoxy groups -OCH3 is 2. The second-order valence-electron chi connectivity index (χ2n) is 9.55. The Morgan fingerprint density at radius 2 is 1.76 bits per heavy atom. The van der Waals surface area contributed by atoms with Crippen molar-refractivity contribution in [3.63, 3.8) is 0 Å². The van der Waals surface area contributed by atoms with E-state index in [1.54, 1.807) is 44.8 Å². The number of thiazole rings is 1. The Hall–Kier alpha value is -4.08. The zero-order chi connectivity index (χ0) is 29.4. The Balaban J connectivity index is 1.70. The van der Waals surface area contributed by atoms with Crippen LogP contribution < -0.4 is 24.4 Å². The van der Waals surface area contributed by atoms with Gasteiger partial charge in [-0.25, -0.2) is 9.79 Å². The first-order valence-electron chi connectivity index (χ1n) is 13.0. The van der Waals surface area contributed by atoms with Crippen LogP contribution in [0.25, 0.3) is 11.8 Å². The summed E-state index contributed by atoms with van der Waals surface area (Å²) in [5.41, 5.74) is 5.12. The maximum atomic E-state index is 14.1. The van der Waals surface area contributed by atoms with Crippen LogP contribution in [0.15, 0.2) is 69.6 Å². The molecule has 1 atom stereocenters. The smallest absolute Gasteiger partial charge is 0.338 e. The summed E-state index contributed by atoms with van der Waals surface area (Å²) in [6.07, 6.45) is 1.88. The lowest BCUT2D eigenvalue weighted by atomic mass is 9.95. The standard InChI is InChI=1S/C31H30ClN3O5S/c1-7-40-30(37)27-18(3)33-31-35(28(27)20-8-13-24(38-5)25(15-20)39-6)29(36)26(41-31)16-21-14-17(2)34(19(21)4)23-11-9-22(32)10-12-23/h8-16,28H,7H2,1-6H3/b26-16-/t28-/m0/s1. The van der Waals surface area contributed by atoms with Crippen molar-refractivity contribution < 1.29 is 19.0 Å². The third-order valence-electron chi connectivity index (χ3n) is 7.08. The Morgan fingerprint density at radius 3 is 2.41 bits per heavy atom. The fourth-order valence-corrected chi connectivity index (χ4v) is 6.36. The van der Waals surface area contributed by atoms with Crippen LogP contribution in [0.2, 0.25) is 5.02 Å². The Bertz CT molecular complexity index is 1860. The van der Waals surface area contributed by atoms with Crippen LogP contribution in [0.4, 0.5) is 0 Å². The Kier molecular flexibility index (Phi) is 7.93. The molecule has 0 saturated carbocycles. The van der Waals surface area contributed by atoms with Crippen molar-refractivity contribution in [1.82, 2.24) is 9.13 Å². The molecule has 0 amide bonds. The summed E-state index contributed by atoms with van der Waals surface area (Å²) in [5.74, 6) is 0.507. The van der Waals surface area contributed by atoms with Gasteiger partial charge in [-0.15, -0.1) is 0 Å². The maximum absolute atomic E-state index is 14.1. The average molecular weight is 592 g/mol. The molecule has 2 aromatic carbocycles. The predicted molar refractivity (Wildman–Crippen MR) is 160 cm³/mol. The molecule has 1 aliphatic heterocycles. The number of fused-ring (bicyclic) bond motifs is 1. The molecule has 41 heavy (non-hydrogen) atoms. The normalized spacial score (nSPS) is 15.0. The molecular formula is C31H30ClN3O5S. The molecule has 5 rings (SSSR count). The van der Waals surface area contributed by atoms with Crippen molar-refractivity contribution in [1.29, 1.82) is 0 Å². The number of rotatable bonds is 7. The number of hydrogen-bond donors (Lipinski definition) is 0. The van der Waals surface area contributed by atoms with Crippen molar-refractivity contribution in [3.05, 3.63) is 107 Å². The highest BCUT2D eigenvalue weighted by Gasteiger charge is 2.34. The van der Waals surface area contributed by atoms with E-state index in [1.165, 1.54) is 11.3 Å². The maximum Gasteiger partial charge on any atom is 0.338 e. The highest BCUT2D eigenvalue weighted by molar-refractivity contribution is 7.07. The van der Waals surface area contributed by atoms with E-state index in [9.17, 15) is 9.59 Å². The van der Waals surface area contributed by atoms with Gasteiger partial charge in [-0.2, -0.15) is 0 Å². The Labute approximate surface area is 246 Å². The highest BCUT2D eigenvalue weighted by Crippen LogP contribution is 2.36. The van der Waals surface area contributed by atoms with E-state index in [-0.39, 0.29) is 12.2 Å². The van der Waals surface area contributed by atoms with Crippen LogP contribution in [0.5, 0.6) is 11.5 Å². The van der Waals surface area contributed by atoms with E-state index >= 15 is 0 Å². The SMILES string of the molecule is CCOC(=O)C1=C(C)N=c2s/c(=C\c3cc(C)n(-c4ccc(Cl)cc4)c3C)c(=O)n2[C@H]1c1ccc(OC)c(OC)c1. The summed E-state index contributed by atoms with van der Waals surface area (Å²) in [6, 6.07) is 14.3. The fourth-order valence-electron chi connectivity index (χ4n) is 5.19. The third-order valence-corrected chi connectivity index (χ3v) is 8.32. The quantitative estimate of drug-likeness (QED) is 0.286. The van der Waals surface area contributed by atoms with Crippen LogP contribution in [-0.4, -0.2) is 35.9 Å². The van der Waals surface area contributed by atoms with E-state index < -0.39 is 12.0 Å². The lowest BCUT2D eigenvalue weighted by molar-refractivity contribution is -0.139. The molecule has 0 radical (unpaired) electrons. The van der Waals surface area contributed by atoms with Crippen LogP contribution >= 0.6 is 22.9 Å². The summed E-state index contributed by atoms with van der Waals surface area (Å²) in [6.45, 7) is 7.74. The van der Waals surface area contributed by atoms with Gasteiger partial charge >= 0.3 is 5.97 Å². The summed E-state index contributed by atoms with van der Waals surface area (Å²) < 4.78 is 20.5. The highest BCUT2D eigenvalue weighted by atomic mass is 35.5. The average Bonchev–Trinajstić information content (AvgIpc) is 3.41. The van der Waals surface area contributed by atoms with E-state index in [0.29, 0.717) is 42.7 Å². The number of halogens is 1. The minimum Gasteiger partial charge on any atom is -0.493 e. The number of allylic oxidation sites excluding steroid dienone is 1. The van der Waals surface area contributed by atoms with Gasteiger partial charge < -0.3 is 18.8 Å². The Morgan fingerprint density at radius 1 is 1.05 bits per heavy atom. The number of nitrogens with zero attached hydrogens (tertiary/aromatic N) is 3. The number of carbonyl (C=O) groups is 1. The number of esters is 1. The lowest BCUT2D eigenvalue weighted by Gasteiger charge is -2.25. The molecular weight excluding hydrogens is 562 g/mol. The topological polar surface area (TPSA) is 84.1 Å². The van der Waals surface area contributed by atoms with Crippen molar-refractivity contribution in [2.24, 2.45) is 4.99 Å². The molecule has 0 aliphatic carbocycles. The van der Waals surface area contributed by atoms with Crippen molar-refractivity contribution >= 4 is 35.0 Å². The number of carbonyl (C=O) groups excluding carboxylic acids is 1. The first-order valence-corrected chi connectivity index (χ1v) is 14.2. The van der Waals surface area contributed by atoms with Gasteiger partial charge in [0, 0.05) is 22.1 Å². The van der Waals surface area contributed by atoms with Gasteiger partial charge in [-0.05, 0) is 87.4 Å². The fraction of sp³-hybridized carbons (Fsp3) is 0.258. The molecule has 212 valence electrons. The predicted octanol–water partition coefficient (Wildman–Crippen LogP) is 4.88. The van der Waals surface area contributed by atoms with Gasteiger partial charge in [-0.1, -0.05) is 29.0 Å². The van der Waals surface area contributed by atoms with E-state index in [1.807, 2.05) is 56.3 Å². The lowest BCUT2D eigenvalue weighted by Crippen LogP contribution is -2.40. The molecule has 0 N–H and O–H groups in total. The van der Waals surface area contributed by atoms with Crippen LogP contribution in [-0.2, 0) is 9.53 Å². The van der Waals surface area contributed by atoms with Gasteiger partial charge in [0.1, 0.15) is 0 Å². The number of ether oxygens (including phenoxy) is 3. The molecule has 3 heterocycles. The molecule has 8 nitrogen and oxygen atoms in total. The third kappa shape index (κ3) is 5.11. The van der Waals surface area contributed by atoms with Gasteiger partial charge in [0.2, 0.25) is 0 Å². The molecule has 2 aromatic heterocycles. The first-order chi connectivity index (χ1) is 19.7.